The predicted molar refractivity (Wildman–Crippen MR) is 125 cm³/mol. The number of hydrogen-bond acceptors (Lipinski definition) is 9. The summed E-state index contributed by atoms with van der Waals surface area (Å²) < 4.78 is 6.60. The van der Waals surface area contributed by atoms with Crippen molar-refractivity contribution < 1.29 is 29.6 Å². The van der Waals surface area contributed by atoms with Crippen LogP contribution in [0.3, 0.4) is 0 Å². The van der Waals surface area contributed by atoms with Gasteiger partial charge in [-0.1, -0.05) is 6.92 Å². The van der Waals surface area contributed by atoms with Crippen LogP contribution in [0.2, 0.25) is 0 Å². The summed E-state index contributed by atoms with van der Waals surface area (Å²) in [6.07, 6.45) is 1.78. The minimum absolute atomic E-state index is 0.0194. The lowest BCUT2D eigenvalue weighted by atomic mass is 10.1. The number of likely N-dealkylation sites (N-methyl/N-ethyl adjacent to an activating group) is 1. The van der Waals surface area contributed by atoms with Crippen LogP contribution >= 0.6 is 11.3 Å². The van der Waals surface area contributed by atoms with Crippen molar-refractivity contribution in [1.82, 2.24) is 14.9 Å². The van der Waals surface area contributed by atoms with E-state index >= 15 is 0 Å². The Labute approximate surface area is 194 Å². The van der Waals surface area contributed by atoms with Gasteiger partial charge in [0.15, 0.2) is 0 Å². The third-order valence-electron chi connectivity index (χ3n) is 5.09. The van der Waals surface area contributed by atoms with E-state index in [2.05, 4.69) is 39.2 Å². The molecule has 10 nitrogen and oxygen atoms in total. The van der Waals surface area contributed by atoms with Crippen LogP contribution in [0.5, 0.6) is 5.88 Å². The maximum atomic E-state index is 9.10. The number of pyridine rings is 2. The first kappa shape index (κ1) is 24.4. The highest BCUT2D eigenvalue weighted by Crippen LogP contribution is 2.34. The molecule has 1 aliphatic heterocycles. The molecule has 3 N–H and O–H groups in total. The Morgan fingerprint density at radius 1 is 1.12 bits per heavy atom. The van der Waals surface area contributed by atoms with Gasteiger partial charge in [0, 0.05) is 44.0 Å². The maximum Gasteiger partial charge on any atom is 0.414 e. The molecule has 0 unspecified atom stereocenters. The monoisotopic (exact) mass is 474 g/mol. The zero-order valence-corrected chi connectivity index (χ0v) is 19.0. The molecular formula is C22H26N4O6S. The van der Waals surface area contributed by atoms with Crippen molar-refractivity contribution in [3.8, 4) is 17.1 Å². The Morgan fingerprint density at radius 3 is 2.42 bits per heavy atom. The summed E-state index contributed by atoms with van der Waals surface area (Å²) in [6, 6.07) is 8.08. The topological polar surface area (TPSA) is 136 Å². The average molecular weight is 475 g/mol. The van der Waals surface area contributed by atoms with Crippen LogP contribution in [0, 0.1) is 0 Å². The summed E-state index contributed by atoms with van der Waals surface area (Å²) in [6.45, 7) is 7.71. The van der Waals surface area contributed by atoms with Gasteiger partial charge in [-0.3, -0.25) is 0 Å². The number of aromatic nitrogens is 2. The molecular weight excluding hydrogens is 448 g/mol. The normalized spacial score (nSPS) is 13.9. The van der Waals surface area contributed by atoms with Crippen LogP contribution < -0.4 is 9.64 Å². The number of anilines is 1. The molecule has 3 aromatic rings. The van der Waals surface area contributed by atoms with Crippen molar-refractivity contribution in [3.05, 3.63) is 35.8 Å². The number of carboxylic acids is 2. The Kier molecular flexibility index (Phi) is 8.52. The van der Waals surface area contributed by atoms with Gasteiger partial charge in [-0.05, 0) is 35.5 Å². The molecule has 176 valence electrons. The van der Waals surface area contributed by atoms with Gasteiger partial charge in [0.2, 0.25) is 5.88 Å². The van der Waals surface area contributed by atoms with Gasteiger partial charge >= 0.3 is 11.9 Å². The number of rotatable bonds is 6. The van der Waals surface area contributed by atoms with Gasteiger partial charge in [-0.25, -0.2) is 19.6 Å². The molecule has 0 radical (unpaired) electrons. The van der Waals surface area contributed by atoms with Crippen LogP contribution in [-0.4, -0.2) is 88.1 Å². The van der Waals surface area contributed by atoms with E-state index in [1.54, 1.807) is 17.5 Å². The Morgan fingerprint density at radius 2 is 1.85 bits per heavy atom. The third kappa shape index (κ3) is 6.37. The molecule has 1 aliphatic rings. The van der Waals surface area contributed by atoms with Gasteiger partial charge in [0.25, 0.3) is 0 Å². The minimum atomic E-state index is -1.82. The van der Waals surface area contributed by atoms with E-state index in [0.29, 0.717) is 5.88 Å². The fourth-order valence-electron chi connectivity index (χ4n) is 3.36. The van der Waals surface area contributed by atoms with Crippen molar-refractivity contribution >= 4 is 39.2 Å². The number of aliphatic carboxylic acids is 2. The highest BCUT2D eigenvalue weighted by molar-refractivity contribution is 7.17. The second-order valence-electron chi connectivity index (χ2n) is 7.16. The van der Waals surface area contributed by atoms with Crippen molar-refractivity contribution in [2.75, 3.05) is 50.8 Å². The number of aliphatic hydroxyl groups excluding tert-OH is 1. The molecule has 0 saturated carbocycles. The smallest absolute Gasteiger partial charge is 0.414 e. The third-order valence-corrected chi connectivity index (χ3v) is 6.02. The lowest BCUT2D eigenvalue weighted by Gasteiger charge is -2.35. The van der Waals surface area contributed by atoms with Gasteiger partial charge < -0.3 is 29.9 Å². The lowest BCUT2D eigenvalue weighted by Crippen LogP contribution is -2.46. The number of piperazine rings is 1. The minimum Gasteiger partial charge on any atom is -0.475 e. The van der Waals surface area contributed by atoms with Gasteiger partial charge in [-0.15, -0.1) is 11.3 Å². The van der Waals surface area contributed by atoms with Crippen molar-refractivity contribution in [1.29, 1.82) is 0 Å². The molecule has 4 rings (SSSR count). The first-order chi connectivity index (χ1) is 15.9. The number of ether oxygens (including phenoxy) is 1. The zero-order valence-electron chi connectivity index (χ0n) is 18.2. The molecule has 33 heavy (non-hydrogen) atoms. The molecule has 3 aromatic heterocycles. The van der Waals surface area contributed by atoms with E-state index in [1.807, 2.05) is 12.1 Å². The summed E-state index contributed by atoms with van der Waals surface area (Å²) in [5, 5.41) is 27.0. The SMILES string of the molecule is CCN1CCN(c2nc(-c3ccc(OCCO)nc3)cc3ccsc23)CC1.O=C(O)C(=O)O. The predicted octanol–water partition coefficient (Wildman–Crippen LogP) is 2.03. The van der Waals surface area contributed by atoms with Crippen LogP contribution in [0.15, 0.2) is 35.8 Å². The van der Waals surface area contributed by atoms with E-state index < -0.39 is 11.9 Å². The summed E-state index contributed by atoms with van der Waals surface area (Å²) in [7, 11) is 0. The first-order valence-corrected chi connectivity index (χ1v) is 11.3. The molecule has 0 amide bonds. The van der Waals surface area contributed by atoms with Crippen molar-refractivity contribution in [2.24, 2.45) is 0 Å². The summed E-state index contributed by atoms with van der Waals surface area (Å²) >= 11 is 1.75. The highest BCUT2D eigenvalue weighted by atomic mass is 32.1. The second kappa shape index (κ2) is 11.5. The standard InChI is InChI=1S/C20H24N4O2S.C2H2O4/c1-2-23-6-8-24(9-7-23)20-19-15(5-12-27-19)13-17(22-20)16-3-4-18(21-14-16)26-11-10-25;3-1(4)2(5)6/h3-5,12-14,25H,2,6-11H2,1H3;(H,3,4)(H,5,6). The van der Waals surface area contributed by atoms with Crippen LogP contribution in [0.25, 0.3) is 21.3 Å². The number of hydrogen-bond donors (Lipinski definition) is 3. The van der Waals surface area contributed by atoms with Gasteiger partial charge in [-0.2, -0.15) is 0 Å². The molecule has 11 heteroatoms. The summed E-state index contributed by atoms with van der Waals surface area (Å²) in [4.78, 5) is 32.4. The number of fused-ring (bicyclic) bond motifs is 1. The van der Waals surface area contributed by atoms with E-state index in [0.717, 1.165) is 49.8 Å². The van der Waals surface area contributed by atoms with Crippen LogP contribution in [-0.2, 0) is 9.59 Å². The fourth-order valence-corrected chi connectivity index (χ4v) is 4.26. The van der Waals surface area contributed by atoms with Crippen molar-refractivity contribution in [3.63, 3.8) is 0 Å². The number of thiophene rings is 1. The number of carbonyl (C=O) groups is 2. The average Bonchev–Trinajstić information content (AvgIpc) is 3.32. The molecule has 0 bridgehead atoms. The Bertz CT molecular complexity index is 1070. The Balaban J connectivity index is 0.000000454. The zero-order chi connectivity index (χ0) is 23.8. The van der Waals surface area contributed by atoms with Crippen LogP contribution in [0.1, 0.15) is 6.92 Å². The highest BCUT2D eigenvalue weighted by Gasteiger charge is 2.20. The van der Waals surface area contributed by atoms with E-state index in [4.69, 9.17) is 34.6 Å². The number of carboxylic acid groups (broad SMARTS) is 2. The molecule has 0 atom stereocenters. The molecule has 4 heterocycles. The Hall–Kier alpha value is -3.28. The van der Waals surface area contributed by atoms with Crippen molar-refractivity contribution in [2.45, 2.75) is 6.92 Å². The lowest BCUT2D eigenvalue weighted by molar-refractivity contribution is -0.159. The first-order valence-electron chi connectivity index (χ1n) is 10.4. The quantitative estimate of drug-likeness (QED) is 0.455. The fraction of sp³-hybridized carbons (Fsp3) is 0.364. The van der Waals surface area contributed by atoms with E-state index in [-0.39, 0.29) is 13.2 Å². The summed E-state index contributed by atoms with van der Waals surface area (Å²) in [5.41, 5.74) is 1.89. The molecule has 0 aliphatic carbocycles. The molecule has 0 aromatic carbocycles. The van der Waals surface area contributed by atoms with E-state index in [9.17, 15) is 0 Å². The summed E-state index contributed by atoms with van der Waals surface area (Å²) in [5.74, 6) is -2.06. The molecule has 1 saturated heterocycles. The number of nitrogens with zero attached hydrogens (tertiary/aromatic N) is 4. The molecule has 0 spiro atoms. The van der Waals surface area contributed by atoms with Gasteiger partial charge in [0.1, 0.15) is 12.4 Å². The maximum absolute atomic E-state index is 9.10. The van der Waals surface area contributed by atoms with Crippen LogP contribution in [0.4, 0.5) is 5.82 Å². The molecule has 1 fully saturated rings. The second-order valence-corrected chi connectivity index (χ2v) is 8.07. The largest absolute Gasteiger partial charge is 0.475 e. The van der Waals surface area contributed by atoms with Gasteiger partial charge in [0.05, 0.1) is 17.0 Å². The van der Waals surface area contributed by atoms with E-state index in [1.165, 1.54) is 10.1 Å². The number of aliphatic hydroxyl groups is 1.